The van der Waals surface area contributed by atoms with Crippen molar-refractivity contribution in [3.05, 3.63) is 33.9 Å². The summed E-state index contributed by atoms with van der Waals surface area (Å²) in [6, 6.07) is 4.29. The van der Waals surface area contributed by atoms with Crippen LogP contribution in [0.1, 0.15) is 56.3 Å². The largest absolute Gasteiger partial charge is 0.466 e. The van der Waals surface area contributed by atoms with Crippen LogP contribution in [0, 0.1) is 16.0 Å². The van der Waals surface area contributed by atoms with Crippen molar-refractivity contribution in [2.75, 3.05) is 37.7 Å². The first-order valence-corrected chi connectivity index (χ1v) is 11.5. The van der Waals surface area contributed by atoms with Crippen LogP contribution in [-0.2, 0) is 19.1 Å². The minimum Gasteiger partial charge on any atom is -0.466 e. The lowest BCUT2D eigenvalue weighted by Crippen LogP contribution is -2.45. The Morgan fingerprint density at radius 2 is 1.79 bits per heavy atom. The number of anilines is 1. The van der Waals surface area contributed by atoms with Crippen molar-refractivity contribution < 1.29 is 28.8 Å². The van der Waals surface area contributed by atoms with Crippen molar-refractivity contribution in [2.24, 2.45) is 5.92 Å². The van der Waals surface area contributed by atoms with Crippen LogP contribution in [0.15, 0.2) is 18.2 Å². The number of hydrogen-bond acceptors (Lipinski definition) is 8. The minimum absolute atomic E-state index is 0.0307. The molecule has 180 valence electrons. The van der Waals surface area contributed by atoms with Gasteiger partial charge in [0.15, 0.2) is 6.10 Å². The number of nitrogens with zero attached hydrogens (tertiary/aromatic N) is 3. The van der Waals surface area contributed by atoms with Gasteiger partial charge in [-0.2, -0.15) is 0 Å². The Kier molecular flexibility index (Phi) is 8.24. The van der Waals surface area contributed by atoms with Crippen molar-refractivity contribution in [3.63, 3.8) is 0 Å². The Balaban J connectivity index is 1.61. The number of carbonyl (C=O) groups is 3. The molecule has 3 rings (SSSR count). The number of rotatable bonds is 7. The fourth-order valence-corrected chi connectivity index (χ4v) is 4.33. The highest BCUT2D eigenvalue weighted by Crippen LogP contribution is 2.31. The molecule has 2 fully saturated rings. The van der Waals surface area contributed by atoms with Gasteiger partial charge in [0.1, 0.15) is 5.69 Å². The van der Waals surface area contributed by atoms with Gasteiger partial charge in [-0.05, 0) is 58.1 Å². The number of benzene rings is 1. The summed E-state index contributed by atoms with van der Waals surface area (Å²) < 4.78 is 10.4. The van der Waals surface area contributed by atoms with E-state index in [-0.39, 0.29) is 29.0 Å². The van der Waals surface area contributed by atoms with Crippen LogP contribution in [0.4, 0.5) is 11.4 Å². The number of likely N-dealkylation sites (tertiary alicyclic amines) is 1. The van der Waals surface area contributed by atoms with E-state index >= 15 is 0 Å². The average molecular weight is 462 g/mol. The molecule has 33 heavy (non-hydrogen) atoms. The normalized spacial score (nSPS) is 17.9. The van der Waals surface area contributed by atoms with E-state index in [4.69, 9.17) is 9.47 Å². The molecule has 0 aliphatic carbocycles. The molecule has 10 heteroatoms. The summed E-state index contributed by atoms with van der Waals surface area (Å²) in [7, 11) is 0. The predicted octanol–water partition coefficient (Wildman–Crippen LogP) is 2.93. The molecule has 2 aliphatic heterocycles. The molecule has 2 heterocycles. The summed E-state index contributed by atoms with van der Waals surface area (Å²) in [5.74, 6) is -1.62. The topological polar surface area (TPSA) is 119 Å². The molecule has 0 saturated carbocycles. The average Bonchev–Trinajstić information content (AvgIpc) is 2.83. The third kappa shape index (κ3) is 6.00. The van der Waals surface area contributed by atoms with Crippen molar-refractivity contribution in [1.82, 2.24) is 4.90 Å². The smallest absolute Gasteiger partial charge is 0.339 e. The van der Waals surface area contributed by atoms with Crippen LogP contribution >= 0.6 is 0 Å². The van der Waals surface area contributed by atoms with Gasteiger partial charge in [-0.15, -0.1) is 0 Å². The SMILES string of the molecule is CCOC(=O)C1CCN(C(=O)[C@@H](C)OC(=O)c2ccc(N3CCCCC3)c([N+](=O)[O-])c2)CC1. The van der Waals surface area contributed by atoms with E-state index in [2.05, 4.69) is 0 Å². The van der Waals surface area contributed by atoms with E-state index < -0.39 is 17.0 Å². The molecule has 0 bridgehead atoms. The number of carbonyl (C=O) groups excluding carboxylic acids is 3. The van der Waals surface area contributed by atoms with E-state index in [9.17, 15) is 24.5 Å². The van der Waals surface area contributed by atoms with Gasteiger partial charge in [0, 0.05) is 32.2 Å². The third-order valence-corrected chi connectivity index (χ3v) is 6.16. The van der Waals surface area contributed by atoms with Gasteiger partial charge in [0.05, 0.1) is 23.0 Å². The monoisotopic (exact) mass is 461 g/mol. The lowest BCUT2D eigenvalue weighted by molar-refractivity contribution is -0.384. The molecular formula is C23H31N3O7. The Bertz CT molecular complexity index is 890. The number of ether oxygens (including phenoxy) is 2. The van der Waals surface area contributed by atoms with Gasteiger partial charge in [-0.1, -0.05) is 0 Å². The second kappa shape index (κ2) is 11.1. The molecule has 0 aromatic heterocycles. The van der Waals surface area contributed by atoms with Crippen molar-refractivity contribution >= 4 is 29.2 Å². The first kappa shape index (κ1) is 24.5. The second-order valence-corrected chi connectivity index (χ2v) is 8.41. The van der Waals surface area contributed by atoms with Crippen molar-refractivity contribution in [3.8, 4) is 0 Å². The van der Waals surface area contributed by atoms with Gasteiger partial charge in [0.25, 0.3) is 11.6 Å². The van der Waals surface area contributed by atoms with Gasteiger partial charge in [-0.25, -0.2) is 4.79 Å². The first-order valence-electron chi connectivity index (χ1n) is 11.5. The highest BCUT2D eigenvalue weighted by Gasteiger charge is 2.32. The summed E-state index contributed by atoms with van der Waals surface area (Å²) >= 11 is 0. The van der Waals surface area contributed by atoms with E-state index in [1.165, 1.54) is 19.1 Å². The molecule has 2 aliphatic rings. The second-order valence-electron chi connectivity index (χ2n) is 8.41. The molecule has 1 amide bonds. The highest BCUT2D eigenvalue weighted by molar-refractivity contribution is 5.93. The zero-order valence-corrected chi connectivity index (χ0v) is 19.2. The Labute approximate surface area is 193 Å². The fourth-order valence-electron chi connectivity index (χ4n) is 4.33. The lowest BCUT2D eigenvalue weighted by Gasteiger charge is -2.32. The molecule has 0 radical (unpaired) electrons. The summed E-state index contributed by atoms with van der Waals surface area (Å²) in [6.45, 7) is 5.78. The first-order chi connectivity index (χ1) is 15.8. The Morgan fingerprint density at radius 3 is 2.39 bits per heavy atom. The number of nitro groups is 1. The summed E-state index contributed by atoms with van der Waals surface area (Å²) in [5, 5.41) is 11.6. The summed E-state index contributed by atoms with van der Waals surface area (Å²) in [4.78, 5) is 51.9. The molecule has 1 aromatic carbocycles. The van der Waals surface area contributed by atoms with Gasteiger partial charge in [-0.3, -0.25) is 19.7 Å². The number of piperidine rings is 2. The maximum absolute atomic E-state index is 12.7. The van der Waals surface area contributed by atoms with Crippen LogP contribution < -0.4 is 4.90 Å². The Hall–Kier alpha value is -3.17. The molecule has 1 aromatic rings. The fraction of sp³-hybridized carbons (Fsp3) is 0.609. The van der Waals surface area contributed by atoms with E-state index in [0.29, 0.717) is 38.2 Å². The van der Waals surface area contributed by atoms with Crippen LogP contribution in [0.3, 0.4) is 0 Å². The van der Waals surface area contributed by atoms with Crippen LogP contribution in [0.25, 0.3) is 0 Å². The molecule has 0 N–H and O–H groups in total. The predicted molar refractivity (Wildman–Crippen MR) is 120 cm³/mol. The maximum Gasteiger partial charge on any atom is 0.339 e. The zero-order valence-electron chi connectivity index (χ0n) is 19.2. The third-order valence-electron chi connectivity index (χ3n) is 6.16. The molecule has 0 unspecified atom stereocenters. The summed E-state index contributed by atoms with van der Waals surface area (Å²) in [6.07, 6.45) is 2.98. The van der Waals surface area contributed by atoms with Crippen molar-refractivity contribution in [2.45, 2.75) is 52.1 Å². The number of hydrogen-bond donors (Lipinski definition) is 0. The molecular weight excluding hydrogens is 430 g/mol. The molecule has 2 saturated heterocycles. The number of amides is 1. The number of esters is 2. The Morgan fingerprint density at radius 1 is 1.12 bits per heavy atom. The van der Waals surface area contributed by atoms with Crippen LogP contribution in [0.5, 0.6) is 0 Å². The standard InChI is InChI=1S/C23H31N3O7/c1-3-32-22(28)17-9-13-25(14-10-17)21(27)16(2)33-23(29)18-7-8-19(20(15-18)26(30)31)24-11-5-4-6-12-24/h7-8,15-17H,3-6,9-14H2,1-2H3/t16-/m1/s1. The van der Waals surface area contributed by atoms with Gasteiger partial charge < -0.3 is 19.3 Å². The maximum atomic E-state index is 12.7. The number of nitro benzene ring substituents is 1. The minimum atomic E-state index is -1.04. The zero-order chi connectivity index (χ0) is 24.0. The molecule has 10 nitrogen and oxygen atoms in total. The van der Waals surface area contributed by atoms with Gasteiger partial charge in [0.2, 0.25) is 0 Å². The lowest BCUT2D eigenvalue weighted by atomic mass is 9.97. The van der Waals surface area contributed by atoms with E-state index in [1.807, 2.05) is 4.90 Å². The van der Waals surface area contributed by atoms with E-state index in [1.54, 1.807) is 17.9 Å². The van der Waals surface area contributed by atoms with Crippen LogP contribution in [0.2, 0.25) is 0 Å². The summed E-state index contributed by atoms with van der Waals surface area (Å²) in [5.41, 5.74) is 0.374. The molecule has 0 spiro atoms. The molecule has 1 atom stereocenters. The highest BCUT2D eigenvalue weighted by atomic mass is 16.6. The quantitative estimate of drug-likeness (QED) is 0.345. The van der Waals surface area contributed by atoms with Gasteiger partial charge >= 0.3 is 11.9 Å². The van der Waals surface area contributed by atoms with Crippen molar-refractivity contribution in [1.29, 1.82) is 0 Å². The van der Waals surface area contributed by atoms with Crippen LogP contribution in [-0.4, -0.2) is 66.6 Å². The van der Waals surface area contributed by atoms with E-state index in [0.717, 1.165) is 32.4 Å².